The van der Waals surface area contributed by atoms with Crippen LogP contribution in [0.3, 0.4) is 0 Å². The van der Waals surface area contributed by atoms with Crippen LogP contribution in [0.5, 0.6) is 11.5 Å². The zero-order valence-electron chi connectivity index (χ0n) is 10.4. The van der Waals surface area contributed by atoms with E-state index in [0.717, 1.165) is 31.7 Å². The highest BCUT2D eigenvalue weighted by Crippen LogP contribution is 2.30. The maximum Gasteiger partial charge on any atom is 0.160 e. The normalized spacial score (nSPS) is 18.0. The number of hydrogen-bond acceptors (Lipinski definition) is 5. The molecule has 0 aromatic heterocycles. The average Bonchev–Trinajstić information content (AvgIpc) is 2.42. The summed E-state index contributed by atoms with van der Waals surface area (Å²) in [5.74, 6) is 0.501. The van der Waals surface area contributed by atoms with E-state index in [0.29, 0.717) is 5.75 Å². The van der Waals surface area contributed by atoms with Gasteiger partial charge < -0.3 is 15.2 Å². The van der Waals surface area contributed by atoms with E-state index in [9.17, 15) is 10.4 Å². The first kappa shape index (κ1) is 12.7. The summed E-state index contributed by atoms with van der Waals surface area (Å²) in [7, 11) is 1.50. The van der Waals surface area contributed by atoms with Crippen LogP contribution in [0, 0.1) is 11.3 Å². The lowest BCUT2D eigenvalue weighted by Crippen LogP contribution is -2.44. The third-order valence-corrected chi connectivity index (χ3v) is 3.16. The van der Waals surface area contributed by atoms with Crippen LogP contribution in [0.15, 0.2) is 18.2 Å². The Balaban J connectivity index is 2.24. The fraction of sp³-hybridized carbons (Fsp3) is 0.462. The zero-order valence-corrected chi connectivity index (χ0v) is 10.4. The molecule has 1 atom stereocenters. The van der Waals surface area contributed by atoms with Crippen molar-refractivity contribution in [3.05, 3.63) is 23.8 Å². The van der Waals surface area contributed by atoms with Crippen LogP contribution in [0.1, 0.15) is 11.6 Å². The summed E-state index contributed by atoms with van der Waals surface area (Å²) in [4.78, 5) is 2.13. The van der Waals surface area contributed by atoms with Gasteiger partial charge in [0, 0.05) is 26.2 Å². The molecule has 2 rings (SSSR count). The number of nitriles is 1. The number of benzene rings is 1. The fourth-order valence-corrected chi connectivity index (χ4v) is 2.17. The molecule has 0 radical (unpaired) electrons. The van der Waals surface area contributed by atoms with Crippen LogP contribution >= 0.6 is 0 Å². The Morgan fingerprint density at radius 3 is 2.78 bits per heavy atom. The molecular formula is C13H17N3O2. The van der Waals surface area contributed by atoms with Gasteiger partial charge in [-0.05, 0) is 17.7 Å². The van der Waals surface area contributed by atoms with Crippen molar-refractivity contribution in [2.45, 2.75) is 6.04 Å². The molecule has 0 aliphatic carbocycles. The molecule has 1 fully saturated rings. The molecule has 1 aliphatic rings. The summed E-state index contributed by atoms with van der Waals surface area (Å²) in [6.45, 7) is 3.49. The van der Waals surface area contributed by atoms with Gasteiger partial charge in [0.25, 0.3) is 0 Å². The number of rotatable bonds is 3. The van der Waals surface area contributed by atoms with Gasteiger partial charge in [0.15, 0.2) is 11.5 Å². The Labute approximate surface area is 107 Å². The van der Waals surface area contributed by atoms with Gasteiger partial charge in [0.05, 0.1) is 13.2 Å². The molecule has 0 spiro atoms. The fourth-order valence-electron chi connectivity index (χ4n) is 2.17. The van der Waals surface area contributed by atoms with Gasteiger partial charge in [0.2, 0.25) is 0 Å². The number of ether oxygens (including phenoxy) is 1. The molecule has 1 heterocycles. The maximum atomic E-state index is 9.57. The second-order valence-electron chi connectivity index (χ2n) is 4.25. The topological polar surface area (TPSA) is 68.5 Å². The van der Waals surface area contributed by atoms with Crippen LogP contribution in [0.2, 0.25) is 0 Å². The molecule has 0 amide bonds. The van der Waals surface area contributed by atoms with Gasteiger partial charge >= 0.3 is 0 Å². The first-order valence-electron chi connectivity index (χ1n) is 5.97. The smallest absolute Gasteiger partial charge is 0.160 e. The molecule has 1 aromatic rings. The van der Waals surface area contributed by atoms with Crippen molar-refractivity contribution in [2.75, 3.05) is 33.3 Å². The predicted molar refractivity (Wildman–Crippen MR) is 67.5 cm³/mol. The third kappa shape index (κ3) is 2.55. The highest BCUT2D eigenvalue weighted by molar-refractivity contribution is 5.43. The van der Waals surface area contributed by atoms with Crippen molar-refractivity contribution in [2.24, 2.45) is 0 Å². The molecule has 2 N–H and O–H groups in total. The molecule has 1 unspecified atom stereocenters. The van der Waals surface area contributed by atoms with E-state index in [1.807, 2.05) is 0 Å². The van der Waals surface area contributed by atoms with Crippen LogP contribution in [-0.2, 0) is 0 Å². The van der Waals surface area contributed by atoms with E-state index >= 15 is 0 Å². The molecule has 0 bridgehead atoms. The molecule has 1 aromatic carbocycles. The second-order valence-corrected chi connectivity index (χ2v) is 4.25. The largest absolute Gasteiger partial charge is 0.504 e. The van der Waals surface area contributed by atoms with Crippen molar-refractivity contribution in [3.8, 4) is 17.6 Å². The first-order valence-corrected chi connectivity index (χ1v) is 5.97. The minimum Gasteiger partial charge on any atom is -0.504 e. The number of hydrogen-bond donors (Lipinski definition) is 2. The minimum atomic E-state index is -0.290. The number of phenolic OH excluding ortho intramolecular Hbond substituents is 1. The van der Waals surface area contributed by atoms with E-state index in [2.05, 4.69) is 16.3 Å². The minimum absolute atomic E-state index is 0.0956. The zero-order chi connectivity index (χ0) is 13.0. The van der Waals surface area contributed by atoms with Crippen molar-refractivity contribution < 1.29 is 9.84 Å². The number of aromatic hydroxyl groups is 1. The molecule has 1 aliphatic heterocycles. The standard InChI is InChI=1S/C13H17N3O2/c1-18-13-8-10(2-3-12(13)17)11(9-14)16-6-4-15-5-7-16/h2-3,8,11,15,17H,4-7H2,1H3. The number of nitrogens with zero attached hydrogens (tertiary/aromatic N) is 2. The van der Waals surface area contributed by atoms with Crippen LogP contribution in [0.4, 0.5) is 0 Å². The van der Waals surface area contributed by atoms with E-state index in [1.54, 1.807) is 18.2 Å². The Kier molecular flexibility index (Phi) is 4.03. The lowest BCUT2D eigenvalue weighted by molar-refractivity contribution is 0.207. The number of methoxy groups -OCH3 is 1. The van der Waals surface area contributed by atoms with Gasteiger partial charge in [-0.15, -0.1) is 0 Å². The lowest BCUT2D eigenvalue weighted by Gasteiger charge is -2.31. The Bertz CT molecular complexity index is 450. The van der Waals surface area contributed by atoms with E-state index < -0.39 is 0 Å². The second kappa shape index (κ2) is 5.71. The predicted octanol–water partition coefficient (Wildman–Crippen LogP) is 0.871. The van der Waals surface area contributed by atoms with Gasteiger partial charge in [-0.1, -0.05) is 6.07 Å². The summed E-state index contributed by atoms with van der Waals surface area (Å²) >= 11 is 0. The van der Waals surface area contributed by atoms with E-state index in [-0.39, 0.29) is 11.8 Å². The molecule has 0 saturated carbocycles. The Morgan fingerprint density at radius 2 is 2.17 bits per heavy atom. The van der Waals surface area contributed by atoms with Crippen LogP contribution in [-0.4, -0.2) is 43.3 Å². The van der Waals surface area contributed by atoms with Crippen molar-refractivity contribution in [1.29, 1.82) is 5.26 Å². The van der Waals surface area contributed by atoms with Crippen LogP contribution in [0.25, 0.3) is 0 Å². The summed E-state index contributed by atoms with van der Waals surface area (Å²) in [6.07, 6.45) is 0. The maximum absolute atomic E-state index is 9.57. The molecule has 5 nitrogen and oxygen atoms in total. The SMILES string of the molecule is COc1cc(C(C#N)N2CCNCC2)ccc1O. The van der Waals surface area contributed by atoms with Crippen molar-refractivity contribution in [3.63, 3.8) is 0 Å². The molecule has 1 saturated heterocycles. The Hall–Kier alpha value is -1.77. The monoisotopic (exact) mass is 247 g/mol. The highest BCUT2D eigenvalue weighted by Gasteiger charge is 2.22. The lowest BCUT2D eigenvalue weighted by atomic mass is 10.0. The van der Waals surface area contributed by atoms with Gasteiger partial charge in [0.1, 0.15) is 6.04 Å². The molecular weight excluding hydrogens is 230 g/mol. The van der Waals surface area contributed by atoms with E-state index in [1.165, 1.54) is 7.11 Å². The summed E-state index contributed by atoms with van der Waals surface area (Å²) in [6, 6.07) is 7.10. The summed E-state index contributed by atoms with van der Waals surface area (Å²) < 4.78 is 5.08. The third-order valence-electron chi connectivity index (χ3n) is 3.16. The first-order chi connectivity index (χ1) is 8.76. The van der Waals surface area contributed by atoms with Crippen molar-refractivity contribution >= 4 is 0 Å². The van der Waals surface area contributed by atoms with Crippen LogP contribution < -0.4 is 10.1 Å². The molecule has 18 heavy (non-hydrogen) atoms. The average molecular weight is 247 g/mol. The van der Waals surface area contributed by atoms with Gasteiger partial charge in [-0.2, -0.15) is 5.26 Å². The van der Waals surface area contributed by atoms with Gasteiger partial charge in [-0.25, -0.2) is 0 Å². The Morgan fingerprint density at radius 1 is 1.44 bits per heavy atom. The number of phenols is 1. The highest BCUT2D eigenvalue weighted by atomic mass is 16.5. The van der Waals surface area contributed by atoms with E-state index in [4.69, 9.17) is 4.74 Å². The summed E-state index contributed by atoms with van der Waals surface area (Å²) in [5, 5.41) is 22.2. The molecule has 5 heteroatoms. The van der Waals surface area contributed by atoms with Crippen molar-refractivity contribution in [1.82, 2.24) is 10.2 Å². The number of piperazine rings is 1. The quantitative estimate of drug-likeness (QED) is 0.829. The molecule has 96 valence electrons. The van der Waals surface area contributed by atoms with Gasteiger partial charge in [-0.3, -0.25) is 4.90 Å². The summed E-state index contributed by atoms with van der Waals surface area (Å²) in [5.41, 5.74) is 0.856. The number of nitrogens with one attached hydrogen (secondary N) is 1.